The summed E-state index contributed by atoms with van der Waals surface area (Å²) in [4.78, 5) is 14.4. The second-order valence-electron chi connectivity index (χ2n) is 3.55. The van der Waals surface area contributed by atoms with Crippen LogP contribution in [0.5, 0.6) is 0 Å². The Morgan fingerprint density at radius 2 is 2.17 bits per heavy atom. The third-order valence-electron chi connectivity index (χ3n) is 2.42. The number of fused-ring (bicyclic) bond motifs is 1. The highest BCUT2D eigenvalue weighted by atomic mass is 35.5. The van der Waals surface area contributed by atoms with Gasteiger partial charge in [-0.2, -0.15) is 0 Å². The normalized spacial score (nSPS) is 10.6. The standard InChI is InChI=1S/C11H10ClN3O3/c12-11-10(15(17)18)9(13-5-6-16)7-3-1-2-4-8(7)14-11/h1-4,16H,5-6H2,(H,13,14). The maximum absolute atomic E-state index is 11.0. The summed E-state index contributed by atoms with van der Waals surface area (Å²) in [5, 5.41) is 23.1. The monoisotopic (exact) mass is 267 g/mol. The van der Waals surface area contributed by atoms with Crippen LogP contribution in [0.3, 0.4) is 0 Å². The Balaban J connectivity index is 2.72. The molecular weight excluding hydrogens is 258 g/mol. The smallest absolute Gasteiger partial charge is 0.329 e. The number of anilines is 1. The summed E-state index contributed by atoms with van der Waals surface area (Å²) < 4.78 is 0. The number of halogens is 1. The maximum Gasteiger partial charge on any atom is 0.329 e. The van der Waals surface area contributed by atoms with Gasteiger partial charge in [-0.1, -0.05) is 29.8 Å². The molecule has 0 aliphatic heterocycles. The molecule has 6 nitrogen and oxygen atoms in total. The third kappa shape index (κ3) is 2.20. The zero-order valence-corrected chi connectivity index (χ0v) is 10.0. The van der Waals surface area contributed by atoms with Crippen LogP contribution in [0, 0.1) is 10.1 Å². The number of hydrogen-bond acceptors (Lipinski definition) is 5. The summed E-state index contributed by atoms with van der Waals surface area (Å²) in [5.41, 5.74) is 0.571. The van der Waals surface area contributed by atoms with E-state index in [1.807, 2.05) is 0 Å². The van der Waals surface area contributed by atoms with Crippen LogP contribution < -0.4 is 5.32 Å². The van der Waals surface area contributed by atoms with Gasteiger partial charge in [0.05, 0.1) is 17.0 Å². The van der Waals surface area contributed by atoms with Crippen molar-refractivity contribution in [2.24, 2.45) is 0 Å². The molecule has 0 radical (unpaired) electrons. The van der Waals surface area contributed by atoms with Gasteiger partial charge in [0.2, 0.25) is 5.15 Å². The van der Waals surface area contributed by atoms with Crippen molar-refractivity contribution in [3.05, 3.63) is 39.5 Å². The number of benzene rings is 1. The molecule has 0 saturated heterocycles. The van der Waals surface area contributed by atoms with Gasteiger partial charge in [-0.3, -0.25) is 10.1 Å². The molecule has 94 valence electrons. The number of nitrogens with one attached hydrogen (secondary N) is 1. The molecule has 2 N–H and O–H groups in total. The molecule has 18 heavy (non-hydrogen) atoms. The first kappa shape index (κ1) is 12.5. The van der Waals surface area contributed by atoms with Gasteiger partial charge in [0.1, 0.15) is 5.69 Å². The molecular formula is C11H10ClN3O3. The Morgan fingerprint density at radius 1 is 1.44 bits per heavy atom. The highest BCUT2D eigenvalue weighted by Crippen LogP contribution is 2.36. The Bertz CT molecular complexity index is 603. The summed E-state index contributed by atoms with van der Waals surface area (Å²) >= 11 is 5.83. The second kappa shape index (κ2) is 5.16. The van der Waals surface area contributed by atoms with Gasteiger partial charge in [-0.25, -0.2) is 4.98 Å². The first-order valence-corrected chi connectivity index (χ1v) is 5.60. The van der Waals surface area contributed by atoms with E-state index in [1.54, 1.807) is 24.3 Å². The summed E-state index contributed by atoms with van der Waals surface area (Å²) in [5.74, 6) is 0. The zero-order valence-electron chi connectivity index (χ0n) is 9.26. The summed E-state index contributed by atoms with van der Waals surface area (Å²) in [6.07, 6.45) is 0. The number of pyridine rings is 1. The topological polar surface area (TPSA) is 88.3 Å². The van der Waals surface area contributed by atoms with Gasteiger partial charge >= 0.3 is 5.69 Å². The van der Waals surface area contributed by atoms with Crippen molar-refractivity contribution in [2.75, 3.05) is 18.5 Å². The van der Waals surface area contributed by atoms with Gasteiger partial charge in [0.15, 0.2) is 0 Å². The highest BCUT2D eigenvalue weighted by Gasteiger charge is 2.23. The van der Waals surface area contributed by atoms with Crippen LogP contribution in [0.15, 0.2) is 24.3 Å². The van der Waals surface area contributed by atoms with Crippen LogP contribution >= 0.6 is 11.6 Å². The maximum atomic E-state index is 11.0. The second-order valence-corrected chi connectivity index (χ2v) is 3.91. The summed E-state index contributed by atoms with van der Waals surface area (Å²) in [6, 6.07) is 6.96. The number of hydrogen-bond donors (Lipinski definition) is 2. The van der Waals surface area contributed by atoms with E-state index in [9.17, 15) is 10.1 Å². The lowest BCUT2D eigenvalue weighted by atomic mass is 10.1. The summed E-state index contributed by atoms with van der Waals surface area (Å²) in [6.45, 7) is 0.0661. The highest BCUT2D eigenvalue weighted by molar-refractivity contribution is 6.33. The third-order valence-corrected chi connectivity index (χ3v) is 2.68. The fourth-order valence-corrected chi connectivity index (χ4v) is 1.95. The van der Waals surface area contributed by atoms with Crippen molar-refractivity contribution in [2.45, 2.75) is 0 Å². The van der Waals surface area contributed by atoms with E-state index in [2.05, 4.69) is 10.3 Å². The predicted molar refractivity (Wildman–Crippen MR) is 69.0 cm³/mol. The molecule has 0 unspecified atom stereocenters. The van der Waals surface area contributed by atoms with Gasteiger partial charge in [0.25, 0.3) is 0 Å². The number of nitrogens with zero attached hydrogens (tertiary/aromatic N) is 2. The quantitative estimate of drug-likeness (QED) is 0.504. The first-order chi connectivity index (χ1) is 8.65. The molecule has 0 atom stereocenters. The van der Waals surface area contributed by atoms with E-state index in [4.69, 9.17) is 16.7 Å². The van der Waals surface area contributed by atoms with E-state index >= 15 is 0 Å². The van der Waals surface area contributed by atoms with Crippen LogP contribution in [0.25, 0.3) is 10.9 Å². The molecule has 2 aromatic rings. The molecule has 2 rings (SSSR count). The number of para-hydroxylation sites is 1. The van der Waals surface area contributed by atoms with Crippen molar-refractivity contribution >= 4 is 33.9 Å². The summed E-state index contributed by atoms with van der Waals surface area (Å²) in [7, 11) is 0. The molecule has 1 heterocycles. The van der Waals surface area contributed by atoms with Crippen molar-refractivity contribution in [1.82, 2.24) is 4.98 Å². The van der Waals surface area contributed by atoms with Crippen LogP contribution in [0.2, 0.25) is 5.15 Å². The lowest BCUT2D eigenvalue weighted by molar-refractivity contribution is -0.384. The minimum Gasteiger partial charge on any atom is -0.395 e. The van der Waals surface area contributed by atoms with Gasteiger partial charge in [-0.15, -0.1) is 0 Å². The van der Waals surface area contributed by atoms with Crippen molar-refractivity contribution in [3.8, 4) is 0 Å². The first-order valence-electron chi connectivity index (χ1n) is 5.22. The molecule has 0 fully saturated rings. The Labute approximate surface area is 107 Å². The Morgan fingerprint density at radius 3 is 2.83 bits per heavy atom. The molecule has 0 aliphatic carbocycles. The van der Waals surface area contributed by atoms with Crippen molar-refractivity contribution in [3.63, 3.8) is 0 Å². The van der Waals surface area contributed by atoms with Gasteiger partial charge < -0.3 is 10.4 Å². The molecule has 7 heteroatoms. The van der Waals surface area contributed by atoms with Crippen LogP contribution in [-0.4, -0.2) is 28.2 Å². The fraction of sp³-hybridized carbons (Fsp3) is 0.182. The Kier molecular flexibility index (Phi) is 3.59. The van der Waals surface area contributed by atoms with E-state index in [0.717, 1.165) is 0 Å². The molecule has 0 amide bonds. The predicted octanol–water partition coefficient (Wildman–Crippen LogP) is 2.20. The molecule has 1 aromatic heterocycles. The van der Waals surface area contributed by atoms with Crippen LogP contribution in [-0.2, 0) is 0 Å². The van der Waals surface area contributed by atoms with Gasteiger partial charge in [0, 0.05) is 11.9 Å². The number of nitro groups is 1. The molecule has 0 aliphatic rings. The zero-order chi connectivity index (χ0) is 13.1. The van der Waals surface area contributed by atoms with Gasteiger partial charge in [-0.05, 0) is 6.07 Å². The number of aliphatic hydroxyl groups is 1. The average molecular weight is 268 g/mol. The molecule has 0 spiro atoms. The largest absolute Gasteiger partial charge is 0.395 e. The van der Waals surface area contributed by atoms with E-state index in [-0.39, 0.29) is 29.7 Å². The number of aliphatic hydroxyl groups excluding tert-OH is 1. The number of rotatable bonds is 4. The molecule has 1 aromatic carbocycles. The lowest BCUT2D eigenvalue weighted by Gasteiger charge is -2.09. The minimum absolute atomic E-state index is 0.134. The van der Waals surface area contributed by atoms with Crippen molar-refractivity contribution in [1.29, 1.82) is 0 Å². The van der Waals surface area contributed by atoms with E-state index in [1.165, 1.54) is 0 Å². The number of aromatic nitrogens is 1. The van der Waals surface area contributed by atoms with E-state index in [0.29, 0.717) is 10.9 Å². The van der Waals surface area contributed by atoms with Crippen LogP contribution in [0.4, 0.5) is 11.4 Å². The molecule has 0 saturated carbocycles. The SMILES string of the molecule is O=[N+]([O-])c1c(Cl)nc2ccccc2c1NCCO. The average Bonchev–Trinajstić information content (AvgIpc) is 2.34. The van der Waals surface area contributed by atoms with Crippen molar-refractivity contribution < 1.29 is 10.0 Å². The fourth-order valence-electron chi connectivity index (χ4n) is 1.70. The molecule has 0 bridgehead atoms. The van der Waals surface area contributed by atoms with E-state index < -0.39 is 4.92 Å². The minimum atomic E-state index is -0.582. The van der Waals surface area contributed by atoms with Crippen LogP contribution in [0.1, 0.15) is 0 Å². The lowest BCUT2D eigenvalue weighted by Crippen LogP contribution is -2.09. The Hall–Kier alpha value is -1.92.